The molecule has 3 amide bonds. The molecule has 92 valence electrons. The molecule has 17 heavy (non-hydrogen) atoms. The average molecular weight is 238 g/mol. The minimum Gasteiger partial charge on any atom is -0.341 e. The van der Waals surface area contributed by atoms with Gasteiger partial charge in [-0.05, 0) is 19.3 Å². The molecule has 0 aromatic carbocycles. The molecule has 0 aromatic heterocycles. The maximum atomic E-state index is 11.7. The number of rotatable bonds is 2. The van der Waals surface area contributed by atoms with Crippen LogP contribution >= 0.6 is 0 Å². The number of carbonyl (C=O) groups is 3. The number of likely N-dealkylation sites (tertiary alicyclic amines) is 1. The summed E-state index contributed by atoms with van der Waals surface area (Å²) in [5.74, 6) is -1.50. The second-order valence-corrected chi connectivity index (χ2v) is 4.01. The number of aliphatic imine (C=N–C) groups is 1. The number of carbonyl (C=O) groups excluding carboxylic acids is 3. The molecule has 2 aliphatic rings. The molecule has 0 spiro atoms. The van der Waals surface area contributed by atoms with Crippen LogP contribution in [0.15, 0.2) is 4.99 Å². The van der Waals surface area contributed by atoms with Crippen LogP contribution in [0.1, 0.15) is 19.3 Å². The van der Waals surface area contributed by atoms with Gasteiger partial charge in [0.15, 0.2) is 0 Å². The molecule has 7 nitrogen and oxygen atoms in total. The van der Waals surface area contributed by atoms with Crippen molar-refractivity contribution in [2.75, 3.05) is 19.6 Å². The molecule has 0 bridgehead atoms. The first-order valence-corrected chi connectivity index (χ1v) is 5.61. The van der Waals surface area contributed by atoms with Crippen LogP contribution in [-0.4, -0.2) is 48.2 Å². The first kappa shape index (κ1) is 11.6. The van der Waals surface area contributed by atoms with Gasteiger partial charge in [0.2, 0.25) is 11.9 Å². The maximum Gasteiger partial charge on any atom is 0.316 e. The molecule has 2 rings (SSSR count). The molecule has 0 atom stereocenters. The molecule has 0 aromatic rings. The molecule has 0 radical (unpaired) electrons. The van der Waals surface area contributed by atoms with Crippen molar-refractivity contribution in [3.8, 4) is 0 Å². The zero-order valence-corrected chi connectivity index (χ0v) is 9.36. The van der Waals surface area contributed by atoms with Crippen molar-refractivity contribution < 1.29 is 14.4 Å². The summed E-state index contributed by atoms with van der Waals surface area (Å²) in [6.07, 6.45) is 3.20. The normalized spacial score (nSPS) is 20.0. The molecule has 2 N–H and O–H groups in total. The lowest BCUT2D eigenvalue weighted by Crippen LogP contribution is -2.38. The molecule has 0 saturated carbocycles. The van der Waals surface area contributed by atoms with Crippen LogP contribution in [0.25, 0.3) is 0 Å². The van der Waals surface area contributed by atoms with Gasteiger partial charge in [-0.3, -0.25) is 25.0 Å². The Morgan fingerprint density at radius 3 is 2.29 bits per heavy atom. The van der Waals surface area contributed by atoms with E-state index < -0.39 is 11.8 Å². The molecule has 2 saturated heterocycles. The third kappa shape index (κ3) is 2.80. The van der Waals surface area contributed by atoms with Crippen molar-refractivity contribution in [2.24, 2.45) is 4.99 Å². The Bertz CT molecular complexity index is 367. The van der Waals surface area contributed by atoms with E-state index in [1.54, 1.807) is 4.90 Å². The lowest BCUT2D eigenvalue weighted by Gasteiger charge is -2.25. The number of nitrogens with zero attached hydrogens (tertiary/aromatic N) is 2. The fraction of sp³-hybridized carbons (Fsp3) is 0.600. The Labute approximate surface area is 98.3 Å². The number of hydrogen-bond donors (Lipinski definition) is 2. The van der Waals surface area contributed by atoms with E-state index in [0.717, 1.165) is 32.4 Å². The summed E-state index contributed by atoms with van der Waals surface area (Å²) in [4.78, 5) is 39.0. The second kappa shape index (κ2) is 4.94. The predicted molar refractivity (Wildman–Crippen MR) is 59.0 cm³/mol. The van der Waals surface area contributed by atoms with E-state index in [4.69, 9.17) is 0 Å². The maximum absolute atomic E-state index is 11.7. The van der Waals surface area contributed by atoms with E-state index in [1.165, 1.54) is 0 Å². The quantitative estimate of drug-likeness (QED) is 0.580. The third-order valence-electron chi connectivity index (χ3n) is 2.75. The minimum atomic E-state index is -0.742. The molecule has 0 unspecified atom stereocenters. The highest BCUT2D eigenvalue weighted by molar-refractivity contribution is 6.45. The fourth-order valence-corrected chi connectivity index (χ4v) is 1.83. The molecular weight excluding hydrogens is 224 g/mol. The van der Waals surface area contributed by atoms with E-state index in [9.17, 15) is 14.4 Å². The van der Waals surface area contributed by atoms with Crippen molar-refractivity contribution in [1.29, 1.82) is 0 Å². The molecule has 0 aliphatic carbocycles. The summed E-state index contributed by atoms with van der Waals surface area (Å²) in [6.45, 7) is 1.49. The largest absolute Gasteiger partial charge is 0.341 e. The lowest BCUT2D eigenvalue weighted by molar-refractivity contribution is -0.135. The van der Waals surface area contributed by atoms with Crippen LogP contribution < -0.4 is 10.6 Å². The monoisotopic (exact) mass is 238 g/mol. The Hall–Kier alpha value is -1.92. The highest BCUT2D eigenvalue weighted by Crippen LogP contribution is 2.08. The van der Waals surface area contributed by atoms with E-state index in [0.29, 0.717) is 0 Å². The zero-order valence-electron chi connectivity index (χ0n) is 9.36. The van der Waals surface area contributed by atoms with Gasteiger partial charge in [-0.1, -0.05) is 0 Å². The highest BCUT2D eigenvalue weighted by atomic mass is 16.2. The van der Waals surface area contributed by atoms with Crippen molar-refractivity contribution >= 4 is 23.7 Å². The van der Waals surface area contributed by atoms with Crippen molar-refractivity contribution in [1.82, 2.24) is 15.5 Å². The summed E-state index contributed by atoms with van der Waals surface area (Å²) in [7, 11) is 0. The number of amides is 3. The van der Waals surface area contributed by atoms with Gasteiger partial charge in [-0.25, -0.2) is 4.99 Å². The second-order valence-electron chi connectivity index (χ2n) is 4.01. The van der Waals surface area contributed by atoms with Crippen molar-refractivity contribution in [2.45, 2.75) is 19.3 Å². The Kier molecular flexibility index (Phi) is 3.36. The van der Waals surface area contributed by atoms with Crippen molar-refractivity contribution in [3.05, 3.63) is 0 Å². The van der Waals surface area contributed by atoms with Gasteiger partial charge in [-0.2, -0.15) is 0 Å². The summed E-state index contributed by atoms with van der Waals surface area (Å²) in [5.41, 5.74) is 0. The highest BCUT2D eigenvalue weighted by Gasteiger charge is 2.25. The van der Waals surface area contributed by atoms with Gasteiger partial charge < -0.3 is 4.90 Å². The third-order valence-corrected chi connectivity index (χ3v) is 2.75. The van der Waals surface area contributed by atoms with Gasteiger partial charge in [-0.15, -0.1) is 0 Å². The van der Waals surface area contributed by atoms with E-state index in [1.807, 2.05) is 0 Å². The van der Waals surface area contributed by atoms with Gasteiger partial charge >= 0.3 is 11.8 Å². The van der Waals surface area contributed by atoms with E-state index in [-0.39, 0.29) is 18.4 Å². The molecule has 7 heteroatoms. The van der Waals surface area contributed by atoms with Gasteiger partial charge in [0.25, 0.3) is 0 Å². The average Bonchev–Trinajstić information content (AvgIpc) is 2.67. The number of hydrogen-bond acceptors (Lipinski definition) is 4. The van der Waals surface area contributed by atoms with Gasteiger partial charge in [0, 0.05) is 13.1 Å². The minimum absolute atomic E-state index is 0.0457. The lowest BCUT2D eigenvalue weighted by atomic mass is 10.1. The van der Waals surface area contributed by atoms with Gasteiger partial charge in [0.1, 0.15) is 6.54 Å². The van der Waals surface area contributed by atoms with Crippen molar-refractivity contribution in [3.63, 3.8) is 0 Å². The summed E-state index contributed by atoms with van der Waals surface area (Å²) < 4.78 is 0. The molecular formula is C10H14N4O3. The van der Waals surface area contributed by atoms with Crippen LogP contribution in [0.4, 0.5) is 0 Å². The fourth-order valence-electron chi connectivity index (χ4n) is 1.83. The summed E-state index contributed by atoms with van der Waals surface area (Å²) >= 11 is 0. The number of guanidine groups is 1. The van der Waals surface area contributed by atoms with Crippen LogP contribution in [0.2, 0.25) is 0 Å². The number of piperidine rings is 1. The van der Waals surface area contributed by atoms with Crippen LogP contribution in [-0.2, 0) is 14.4 Å². The Morgan fingerprint density at radius 2 is 1.71 bits per heavy atom. The molecule has 2 heterocycles. The topological polar surface area (TPSA) is 90.9 Å². The summed E-state index contributed by atoms with van der Waals surface area (Å²) in [5, 5.41) is 4.48. The predicted octanol–water partition coefficient (Wildman–Crippen LogP) is -1.40. The summed E-state index contributed by atoms with van der Waals surface area (Å²) in [6, 6.07) is 0. The number of nitrogens with one attached hydrogen (secondary N) is 2. The zero-order chi connectivity index (χ0) is 12.3. The van der Waals surface area contributed by atoms with E-state index >= 15 is 0 Å². The van der Waals surface area contributed by atoms with Crippen LogP contribution in [0, 0.1) is 0 Å². The Balaban J connectivity index is 1.85. The van der Waals surface area contributed by atoms with Gasteiger partial charge in [0.05, 0.1) is 0 Å². The molecule has 2 aliphatic heterocycles. The standard InChI is InChI=1S/C10H14N4O3/c15-7(14-4-2-1-3-5-14)6-11-10-12-8(16)9(17)13-10/h1-6H2,(H2,11,12,13,16,17). The van der Waals surface area contributed by atoms with Crippen LogP contribution in [0.5, 0.6) is 0 Å². The molecule has 2 fully saturated rings. The SMILES string of the molecule is O=C1NC(=NCC(=O)N2CCCCC2)NC1=O. The first-order valence-electron chi connectivity index (χ1n) is 5.61. The van der Waals surface area contributed by atoms with Crippen LogP contribution in [0.3, 0.4) is 0 Å². The van der Waals surface area contributed by atoms with E-state index in [2.05, 4.69) is 15.6 Å². The smallest absolute Gasteiger partial charge is 0.316 e. The Morgan fingerprint density at radius 1 is 1.12 bits per heavy atom. The first-order chi connectivity index (χ1) is 8.16.